The molecule has 0 aliphatic heterocycles. The van der Waals surface area contributed by atoms with Crippen LogP contribution in [0.4, 0.5) is 0 Å². The van der Waals surface area contributed by atoms with Gasteiger partial charge in [-0.05, 0) is 0 Å². The Bertz CT molecular complexity index is 6.85. The molecule has 3 nitrogen and oxygen atoms in total. The van der Waals surface area contributed by atoms with E-state index in [0.29, 0.717) is 0 Å². The summed E-state index contributed by atoms with van der Waals surface area (Å²) in [7, 11) is 0. The standard InChI is InChI=1S/Be.Li.3H2O/h;;3*1H2/q+2;+1;;;/p-3. The van der Waals surface area contributed by atoms with Crippen molar-refractivity contribution in [1.82, 2.24) is 0 Å². The molecule has 0 fully saturated rings. The van der Waals surface area contributed by atoms with E-state index in [4.69, 9.17) is 0 Å². The molecule has 0 unspecified atom stereocenters. The third kappa shape index (κ3) is 77.9. The first kappa shape index (κ1) is 292. The Morgan fingerprint density at radius 1 is 0.600 bits per heavy atom. The number of hydrogen-bond acceptors (Lipinski definition) is 3. The van der Waals surface area contributed by atoms with Crippen LogP contribution >= 0.6 is 0 Å². The maximum atomic E-state index is 0. The molecule has 0 aromatic rings. The largest absolute Gasteiger partial charge is 2.00 e. The van der Waals surface area contributed by atoms with E-state index in [0.717, 1.165) is 0 Å². The average molecular weight is 67.0 g/mol. The van der Waals surface area contributed by atoms with Crippen LogP contribution in [0.25, 0.3) is 0 Å². The predicted molar refractivity (Wildman–Crippen MR) is 11.6 cm³/mol. The van der Waals surface area contributed by atoms with E-state index in [1.807, 2.05) is 0 Å². The quantitative estimate of drug-likeness (QED) is 0.271. The zero-order valence-corrected chi connectivity index (χ0v) is 3.05. The molecule has 0 aliphatic rings. The van der Waals surface area contributed by atoms with Crippen LogP contribution in [0.2, 0.25) is 0 Å². The van der Waals surface area contributed by atoms with E-state index in [9.17, 15) is 0 Å². The van der Waals surface area contributed by atoms with Gasteiger partial charge in [0.25, 0.3) is 0 Å². The monoisotopic (exact) mass is 67.0 g/mol. The molecule has 0 bridgehead atoms. The second kappa shape index (κ2) is 148. The summed E-state index contributed by atoms with van der Waals surface area (Å²) in [6.07, 6.45) is 0. The van der Waals surface area contributed by atoms with Crippen LogP contribution in [0.15, 0.2) is 0 Å². The molecule has 0 saturated heterocycles. The van der Waals surface area contributed by atoms with Crippen LogP contribution in [0.1, 0.15) is 0 Å². The van der Waals surface area contributed by atoms with Crippen molar-refractivity contribution in [3.63, 3.8) is 0 Å². The third-order valence-electron chi connectivity index (χ3n) is 0. The van der Waals surface area contributed by atoms with Crippen molar-refractivity contribution in [2.45, 2.75) is 0 Å². The smallest absolute Gasteiger partial charge is 0.870 e. The molecule has 5 heavy (non-hydrogen) atoms. The summed E-state index contributed by atoms with van der Waals surface area (Å²) < 4.78 is 0. The average Bonchev–Trinajstić information content (AvgIpc) is 0. The first-order valence-corrected chi connectivity index (χ1v) is 0. The fraction of sp³-hybridized carbons (Fsp3) is 0. The molecule has 3 N–H and O–H groups in total. The first-order valence-electron chi connectivity index (χ1n) is 0. The molecule has 0 spiro atoms. The van der Waals surface area contributed by atoms with E-state index in [1.165, 1.54) is 0 Å². The van der Waals surface area contributed by atoms with Crippen molar-refractivity contribution < 1.29 is 35.3 Å². The summed E-state index contributed by atoms with van der Waals surface area (Å²) >= 11 is 0. The Balaban J connectivity index is 0. The molecule has 0 rings (SSSR count). The molecule has 0 aliphatic carbocycles. The van der Waals surface area contributed by atoms with Gasteiger partial charge in [0, 0.05) is 0 Å². The van der Waals surface area contributed by atoms with Gasteiger partial charge in [0.2, 0.25) is 0 Å². The van der Waals surface area contributed by atoms with Crippen molar-refractivity contribution in [1.29, 1.82) is 0 Å². The van der Waals surface area contributed by atoms with Gasteiger partial charge in [-0.25, -0.2) is 0 Å². The molecule has 24 valence electrons. The molecule has 0 aromatic heterocycles. The molecule has 0 radical (unpaired) electrons. The van der Waals surface area contributed by atoms with Crippen molar-refractivity contribution in [2.24, 2.45) is 0 Å². The van der Waals surface area contributed by atoms with E-state index in [1.54, 1.807) is 0 Å². The second-order valence-corrected chi connectivity index (χ2v) is 0. The Morgan fingerprint density at radius 3 is 0.600 bits per heavy atom. The van der Waals surface area contributed by atoms with Crippen molar-refractivity contribution in [2.75, 3.05) is 0 Å². The van der Waals surface area contributed by atoms with Gasteiger partial charge in [0.1, 0.15) is 0 Å². The molecule has 5 heteroatoms. The van der Waals surface area contributed by atoms with Gasteiger partial charge < -0.3 is 16.4 Å². The summed E-state index contributed by atoms with van der Waals surface area (Å²) in [6.45, 7) is 0. The van der Waals surface area contributed by atoms with Crippen LogP contribution in [-0.4, -0.2) is 26.5 Å². The van der Waals surface area contributed by atoms with Gasteiger partial charge in [-0.1, -0.05) is 0 Å². The van der Waals surface area contributed by atoms with Crippen LogP contribution in [0, 0.1) is 0 Å². The van der Waals surface area contributed by atoms with Gasteiger partial charge in [-0.2, -0.15) is 0 Å². The molecule has 0 amide bonds. The topological polar surface area (TPSA) is 90.0 Å². The minimum Gasteiger partial charge on any atom is -0.870 e. The summed E-state index contributed by atoms with van der Waals surface area (Å²) in [5, 5.41) is 0. The van der Waals surface area contributed by atoms with Crippen LogP contribution in [0.3, 0.4) is 0 Å². The molecular weight excluding hydrogens is 64.0 g/mol. The SMILES string of the molecule is [Be+2].[Li+].[OH-].[OH-].[OH-]. The van der Waals surface area contributed by atoms with Gasteiger partial charge in [0.15, 0.2) is 0 Å². The van der Waals surface area contributed by atoms with Crippen molar-refractivity contribution >= 4 is 10.1 Å². The van der Waals surface area contributed by atoms with E-state index < -0.39 is 0 Å². The molecular formula is H3BeLiO3. The molecule has 0 saturated carbocycles. The van der Waals surface area contributed by atoms with Gasteiger partial charge >= 0.3 is 29.0 Å². The van der Waals surface area contributed by atoms with Crippen molar-refractivity contribution in [3.8, 4) is 0 Å². The fourth-order valence-electron chi connectivity index (χ4n) is 0. The van der Waals surface area contributed by atoms with E-state index >= 15 is 0 Å². The maximum Gasteiger partial charge on any atom is 2.00 e. The molecule has 0 atom stereocenters. The van der Waals surface area contributed by atoms with E-state index in [-0.39, 0.29) is 45.4 Å². The van der Waals surface area contributed by atoms with E-state index in [2.05, 4.69) is 0 Å². The van der Waals surface area contributed by atoms with Crippen LogP contribution < -0.4 is 18.9 Å². The van der Waals surface area contributed by atoms with Crippen LogP contribution in [0.5, 0.6) is 0 Å². The summed E-state index contributed by atoms with van der Waals surface area (Å²) in [5.41, 5.74) is 0. The summed E-state index contributed by atoms with van der Waals surface area (Å²) in [5.74, 6) is 0. The Hall–Kier alpha value is 0.646. The van der Waals surface area contributed by atoms with Crippen LogP contribution in [-0.2, 0) is 0 Å². The van der Waals surface area contributed by atoms with Crippen molar-refractivity contribution in [3.05, 3.63) is 0 Å². The first-order chi connectivity index (χ1) is 0. The van der Waals surface area contributed by atoms with Gasteiger partial charge in [-0.3, -0.25) is 0 Å². The zero-order chi connectivity index (χ0) is 0. The third-order valence-corrected chi connectivity index (χ3v) is 0. The summed E-state index contributed by atoms with van der Waals surface area (Å²) in [4.78, 5) is 0. The predicted octanol–water partition coefficient (Wildman–Crippen LogP) is -3.91. The Kier molecular flexibility index (Phi) is 8630. The number of rotatable bonds is 0. The zero-order valence-electron chi connectivity index (χ0n) is 3.05. The second-order valence-electron chi connectivity index (χ2n) is 0. The Morgan fingerprint density at radius 2 is 0.600 bits per heavy atom. The normalized spacial score (nSPS) is 0. The summed E-state index contributed by atoms with van der Waals surface area (Å²) in [6, 6.07) is 0. The molecule has 0 aromatic carbocycles. The van der Waals surface area contributed by atoms with Gasteiger partial charge in [0.05, 0.1) is 0 Å². The fourth-order valence-corrected chi connectivity index (χ4v) is 0. The number of hydrogen-bond donors (Lipinski definition) is 0. The molecule has 0 heterocycles. The van der Waals surface area contributed by atoms with Gasteiger partial charge in [-0.15, -0.1) is 0 Å². The minimum atomic E-state index is 0. The Labute approximate surface area is 46.1 Å². The minimum absolute atomic E-state index is 0. The maximum absolute atomic E-state index is 0.